The smallest absolute Gasteiger partial charge is 0.00148 e. The normalized spacial score (nSPS) is 24.2. The van der Waals surface area contributed by atoms with Crippen LogP contribution in [0, 0.1) is 19.8 Å². The van der Waals surface area contributed by atoms with Crippen LogP contribution < -0.4 is 5.32 Å². The predicted molar refractivity (Wildman–Crippen MR) is 69.9 cm³/mol. The molecule has 2 unspecified atom stereocenters. The maximum atomic E-state index is 3.48. The maximum Gasteiger partial charge on any atom is -0.00148 e. The topological polar surface area (TPSA) is 12.0 Å². The molecule has 1 saturated carbocycles. The van der Waals surface area contributed by atoms with Crippen LogP contribution in [-0.4, -0.2) is 13.1 Å². The zero-order valence-corrected chi connectivity index (χ0v) is 10.7. The highest BCUT2D eigenvalue weighted by Crippen LogP contribution is 2.42. The van der Waals surface area contributed by atoms with Gasteiger partial charge < -0.3 is 5.32 Å². The zero-order chi connectivity index (χ0) is 11.5. The van der Waals surface area contributed by atoms with Crippen molar-refractivity contribution in [2.45, 2.75) is 39.5 Å². The van der Waals surface area contributed by atoms with Gasteiger partial charge in [-0.1, -0.05) is 25.1 Å². The number of benzene rings is 1. The summed E-state index contributed by atoms with van der Waals surface area (Å²) in [6.07, 6.45) is 2.77. The van der Waals surface area contributed by atoms with Crippen LogP contribution in [0.5, 0.6) is 0 Å². The molecule has 2 atom stereocenters. The molecule has 0 spiro atoms. The molecule has 1 nitrogen and oxygen atoms in total. The molecule has 1 aromatic carbocycles. The van der Waals surface area contributed by atoms with Gasteiger partial charge in [0.2, 0.25) is 0 Å². The van der Waals surface area contributed by atoms with Crippen molar-refractivity contribution in [2.24, 2.45) is 5.92 Å². The minimum Gasteiger partial charge on any atom is -0.317 e. The van der Waals surface area contributed by atoms with Gasteiger partial charge in [-0.05, 0) is 68.3 Å². The number of hydrogen-bond donors (Lipinski definition) is 1. The van der Waals surface area contributed by atoms with Crippen LogP contribution in [0.3, 0.4) is 0 Å². The van der Waals surface area contributed by atoms with Gasteiger partial charge in [0, 0.05) is 0 Å². The number of nitrogens with one attached hydrogen (secondary N) is 1. The first-order valence-corrected chi connectivity index (χ1v) is 6.50. The summed E-state index contributed by atoms with van der Waals surface area (Å²) in [5.74, 6) is 1.67. The standard InChI is InChI=1S/C15H23N/c1-4-16-10-14-7-8-15(14)13-6-5-11(2)12(3)9-13/h5-6,9,14-16H,4,7-8,10H2,1-3H3. The van der Waals surface area contributed by atoms with E-state index < -0.39 is 0 Å². The van der Waals surface area contributed by atoms with Crippen molar-refractivity contribution >= 4 is 0 Å². The Bertz CT molecular complexity index is 356. The molecule has 0 aromatic heterocycles. The minimum absolute atomic E-state index is 0.804. The average molecular weight is 217 g/mol. The Hall–Kier alpha value is -0.820. The molecule has 1 aromatic rings. The van der Waals surface area contributed by atoms with Crippen molar-refractivity contribution in [3.8, 4) is 0 Å². The van der Waals surface area contributed by atoms with Crippen LogP contribution in [0.1, 0.15) is 42.4 Å². The molecule has 1 heteroatoms. The van der Waals surface area contributed by atoms with E-state index >= 15 is 0 Å². The largest absolute Gasteiger partial charge is 0.317 e. The summed E-state index contributed by atoms with van der Waals surface area (Å²) in [6.45, 7) is 8.88. The molecular weight excluding hydrogens is 194 g/mol. The summed E-state index contributed by atoms with van der Waals surface area (Å²) >= 11 is 0. The molecule has 1 N–H and O–H groups in total. The first-order chi connectivity index (χ1) is 7.72. The lowest BCUT2D eigenvalue weighted by atomic mass is 9.69. The first-order valence-electron chi connectivity index (χ1n) is 6.50. The van der Waals surface area contributed by atoms with Crippen LogP contribution in [-0.2, 0) is 0 Å². The summed E-state index contributed by atoms with van der Waals surface area (Å²) in [5.41, 5.74) is 4.40. The monoisotopic (exact) mass is 217 g/mol. The molecule has 0 heterocycles. The van der Waals surface area contributed by atoms with Crippen LogP contribution in [0.15, 0.2) is 18.2 Å². The van der Waals surface area contributed by atoms with E-state index in [4.69, 9.17) is 0 Å². The van der Waals surface area contributed by atoms with E-state index in [-0.39, 0.29) is 0 Å². The van der Waals surface area contributed by atoms with Gasteiger partial charge >= 0.3 is 0 Å². The Balaban J connectivity index is 2.04. The Morgan fingerprint density at radius 2 is 2.00 bits per heavy atom. The summed E-state index contributed by atoms with van der Waals surface area (Å²) < 4.78 is 0. The fourth-order valence-electron chi connectivity index (χ4n) is 2.58. The van der Waals surface area contributed by atoms with Crippen LogP contribution >= 0.6 is 0 Å². The van der Waals surface area contributed by atoms with Gasteiger partial charge in [0.25, 0.3) is 0 Å². The summed E-state index contributed by atoms with van der Waals surface area (Å²) in [6, 6.07) is 6.98. The Kier molecular flexibility index (Phi) is 3.65. The van der Waals surface area contributed by atoms with Crippen LogP contribution in [0.25, 0.3) is 0 Å². The molecule has 0 aliphatic heterocycles. The SMILES string of the molecule is CCNCC1CCC1c1ccc(C)c(C)c1. The molecule has 1 aliphatic rings. The van der Waals surface area contributed by atoms with E-state index in [9.17, 15) is 0 Å². The van der Waals surface area contributed by atoms with Gasteiger partial charge in [-0.3, -0.25) is 0 Å². The van der Waals surface area contributed by atoms with E-state index in [2.05, 4.69) is 44.3 Å². The Morgan fingerprint density at radius 1 is 1.19 bits per heavy atom. The van der Waals surface area contributed by atoms with Gasteiger partial charge in [0.15, 0.2) is 0 Å². The second kappa shape index (κ2) is 5.01. The molecule has 16 heavy (non-hydrogen) atoms. The quantitative estimate of drug-likeness (QED) is 0.815. The van der Waals surface area contributed by atoms with Crippen molar-refractivity contribution in [3.63, 3.8) is 0 Å². The van der Waals surface area contributed by atoms with Crippen LogP contribution in [0.4, 0.5) is 0 Å². The summed E-state index contributed by atoms with van der Waals surface area (Å²) in [4.78, 5) is 0. The number of rotatable bonds is 4. The first kappa shape index (κ1) is 11.7. The highest BCUT2D eigenvalue weighted by molar-refractivity contribution is 5.33. The van der Waals surface area contributed by atoms with E-state index in [0.717, 1.165) is 18.4 Å². The van der Waals surface area contributed by atoms with Crippen molar-refractivity contribution in [2.75, 3.05) is 13.1 Å². The minimum atomic E-state index is 0.804. The lowest BCUT2D eigenvalue weighted by molar-refractivity contribution is 0.247. The van der Waals surface area contributed by atoms with Gasteiger partial charge in [-0.2, -0.15) is 0 Å². The average Bonchev–Trinajstić information content (AvgIpc) is 2.22. The number of aryl methyl sites for hydroxylation is 2. The lowest BCUT2D eigenvalue weighted by Crippen LogP contribution is -2.33. The van der Waals surface area contributed by atoms with Gasteiger partial charge in [-0.25, -0.2) is 0 Å². The summed E-state index contributed by atoms with van der Waals surface area (Å²) in [7, 11) is 0. The highest BCUT2D eigenvalue weighted by atomic mass is 14.9. The molecule has 88 valence electrons. The Morgan fingerprint density at radius 3 is 2.56 bits per heavy atom. The predicted octanol–water partition coefficient (Wildman–Crippen LogP) is 3.41. The zero-order valence-electron chi connectivity index (χ0n) is 10.7. The van der Waals surface area contributed by atoms with Crippen LogP contribution in [0.2, 0.25) is 0 Å². The highest BCUT2D eigenvalue weighted by Gasteiger charge is 2.31. The third-order valence-electron chi connectivity index (χ3n) is 4.03. The van der Waals surface area contributed by atoms with Crippen molar-refractivity contribution in [1.29, 1.82) is 0 Å². The van der Waals surface area contributed by atoms with E-state index in [1.54, 1.807) is 5.56 Å². The molecular formula is C15H23N. The van der Waals surface area contributed by atoms with Crippen molar-refractivity contribution < 1.29 is 0 Å². The second-order valence-electron chi connectivity index (χ2n) is 5.10. The van der Waals surface area contributed by atoms with Gasteiger partial charge in [0.1, 0.15) is 0 Å². The van der Waals surface area contributed by atoms with E-state index in [0.29, 0.717) is 0 Å². The van der Waals surface area contributed by atoms with E-state index in [1.165, 1.54) is 30.5 Å². The van der Waals surface area contributed by atoms with Crippen molar-refractivity contribution in [1.82, 2.24) is 5.32 Å². The molecule has 1 aliphatic carbocycles. The third kappa shape index (κ3) is 2.30. The van der Waals surface area contributed by atoms with Gasteiger partial charge in [0.05, 0.1) is 0 Å². The Labute approximate surface area is 99.3 Å². The second-order valence-corrected chi connectivity index (χ2v) is 5.10. The molecule has 0 bridgehead atoms. The fraction of sp³-hybridized carbons (Fsp3) is 0.600. The van der Waals surface area contributed by atoms with E-state index in [1.807, 2.05) is 0 Å². The van der Waals surface area contributed by atoms with Crippen molar-refractivity contribution in [3.05, 3.63) is 34.9 Å². The third-order valence-corrected chi connectivity index (χ3v) is 4.03. The molecule has 0 amide bonds. The van der Waals surface area contributed by atoms with Gasteiger partial charge in [-0.15, -0.1) is 0 Å². The number of hydrogen-bond acceptors (Lipinski definition) is 1. The maximum absolute atomic E-state index is 3.48. The fourth-order valence-corrected chi connectivity index (χ4v) is 2.58. The summed E-state index contributed by atoms with van der Waals surface area (Å²) in [5, 5.41) is 3.48. The lowest BCUT2D eigenvalue weighted by Gasteiger charge is -2.37. The molecule has 0 radical (unpaired) electrons. The molecule has 1 fully saturated rings. The molecule has 2 rings (SSSR count). The molecule has 0 saturated heterocycles.